The Balaban J connectivity index is 1.98. The summed E-state index contributed by atoms with van der Waals surface area (Å²) in [5.41, 5.74) is 6.50. The average molecular weight is 233 g/mol. The Hall–Kier alpha value is -1.58. The zero-order valence-electron chi connectivity index (χ0n) is 10.2. The highest BCUT2D eigenvalue weighted by Crippen LogP contribution is 2.23. The largest absolute Gasteiger partial charge is 0.384 e. The van der Waals surface area contributed by atoms with Gasteiger partial charge in [-0.1, -0.05) is 19.4 Å². The minimum absolute atomic E-state index is 0.243. The number of rotatable bonds is 4. The normalized spacial score (nSPS) is 19.9. The van der Waals surface area contributed by atoms with E-state index in [1.54, 1.807) is 6.07 Å². The van der Waals surface area contributed by atoms with Crippen molar-refractivity contribution in [1.29, 1.82) is 0 Å². The van der Waals surface area contributed by atoms with Crippen molar-refractivity contribution in [1.82, 2.24) is 9.88 Å². The van der Waals surface area contributed by atoms with E-state index in [4.69, 9.17) is 5.73 Å². The molecule has 4 nitrogen and oxygen atoms in total. The van der Waals surface area contributed by atoms with Crippen LogP contribution in [0.2, 0.25) is 0 Å². The number of hydrogen-bond donors (Lipinski definition) is 1. The van der Waals surface area contributed by atoms with E-state index in [9.17, 15) is 4.79 Å². The Morgan fingerprint density at radius 3 is 3.06 bits per heavy atom. The molecule has 2 N–H and O–H groups in total. The number of nitrogens with zero attached hydrogens (tertiary/aromatic N) is 2. The molecule has 1 fully saturated rings. The number of anilines is 1. The highest BCUT2D eigenvalue weighted by molar-refractivity contribution is 5.78. The second kappa shape index (κ2) is 5.17. The number of carbonyl (C=O) groups excluding carboxylic acids is 1. The number of aromatic nitrogens is 1. The van der Waals surface area contributed by atoms with Crippen LogP contribution in [0.15, 0.2) is 18.2 Å². The third-order valence-electron chi connectivity index (χ3n) is 3.17. The van der Waals surface area contributed by atoms with Crippen molar-refractivity contribution in [3.63, 3.8) is 0 Å². The summed E-state index contributed by atoms with van der Waals surface area (Å²) in [4.78, 5) is 17.9. The summed E-state index contributed by atoms with van der Waals surface area (Å²) in [5.74, 6) is 1.28. The predicted octanol–water partition coefficient (Wildman–Crippen LogP) is 1.81. The summed E-state index contributed by atoms with van der Waals surface area (Å²) >= 11 is 0. The summed E-state index contributed by atoms with van der Waals surface area (Å²) in [7, 11) is 0. The van der Waals surface area contributed by atoms with Gasteiger partial charge in [0.2, 0.25) is 5.91 Å². The zero-order chi connectivity index (χ0) is 12.3. The van der Waals surface area contributed by atoms with Gasteiger partial charge in [-0.05, 0) is 24.5 Å². The van der Waals surface area contributed by atoms with Crippen LogP contribution in [0.3, 0.4) is 0 Å². The summed E-state index contributed by atoms with van der Waals surface area (Å²) in [6.07, 6.45) is 2.96. The van der Waals surface area contributed by atoms with Crippen LogP contribution >= 0.6 is 0 Å². The van der Waals surface area contributed by atoms with Gasteiger partial charge in [0.1, 0.15) is 5.82 Å². The van der Waals surface area contributed by atoms with Gasteiger partial charge in [-0.15, -0.1) is 0 Å². The molecule has 2 heterocycles. The molecule has 4 heteroatoms. The molecule has 1 unspecified atom stereocenters. The Morgan fingerprint density at radius 1 is 1.53 bits per heavy atom. The maximum atomic E-state index is 11.8. The van der Waals surface area contributed by atoms with Crippen molar-refractivity contribution in [2.45, 2.75) is 32.7 Å². The zero-order valence-corrected chi connectivity index (χ0v) is 10.2. The topological polar surface area (TPSA) is 59.2 Å². The molecule has 1 aromatic heterocycles. The van der Waals surface area contributed by atoms with Crippen LogP contribution in [-0.2, 0) is 11.3 Å². The van der Waals surface area contributed by atoms with Gasteiger partial charge >= 0.3 is 0 Å². The van der Waals surface area contributed by atoms with Gasteiger partial charge in [0.15, 0.2) is 0 Å². The van der Waals surface area contributed by atoms with Crippen LogP contribution in [0.4, 0.5) is 5.82 Å². The summed E-state index contributed by atoms with van der Waals surface area (Å²) in [5, 5.41) is 0. The fourth-order valence-corrected chi connectivity index (χ4v) is 2.39. The molecule has 92 valence electrons. The molecule has 0 bridgehead atoms. The van der Waals surface area contributed by atoms with Gasteiger partial charge in [-0.25, -0.2) is 4.98 Å². The quantitative estimate of drug-likeness (QED) is 0.862. The van der Waals surface area contributed by atoms with Crippen molar-refractivity contribution in [2.24, 2.45) is 5.92 Å². The first-order valence-corrected chi connectivity index (χ1v) is 6.18. The first-order chi connectivity index (χ1) is 8.19. The third kappa shape index (κ3) is 2.96. The molecular formula is C13H19N3O. The fraction of sp³-hybridized carbons (Fsp3) is 0.538. The Kier molecular flexibility index (Phi) is 3.61. The van der Waals surface area contributed by atoms with Gasteiger partial charge in [0.05, 0.1) is 12.2 Å². The maximum absolute atomic E-state index is 11.8. The number of nitrogens with two attached hydrogens (primary N) is 1. The SMILES string of the molecule is CCCC1CC(=O)N(Cc2cccc(N)n2)C1. The van der Waals surface area contributed by atoms with E-state index in [1.165, 1.54) is 0 Å². The fourth-order valence-electron chi connectivity index (χ4n) is 2.39. The van der Waals surface area contributed by atoms with E-state index < -0.39 is 0 Å². The lowest BCUT2D eigenvalue weighted by atomic mass is 10.0. The lowest BCUT2D eigenvalue weighted by Crippen LogP contribution is -2.25. The smallest absolute Gasteiger partial charge is 0.223 e. The van der Waals surface area contributed by atoms with Crippen molar-refractivity contribution < 1.29 is 4.79 Å². The van der Waals surface area contributed by atoms with Gasteiger partial charge in [0, 0.05) is 13.0 Å². The average Bonchev–Trinajstić information content (AvgIpc) is 2.60. The summed E-state index contributed by atoms with van der Waals surface area (Å²) in [6, 6.07) is 5.55. The van der Waals surface area contributed by atoms with Gasteiger partial charge < -0.3 is 10.6 Å². The summed E-state index contributed by atoms with van der Waals surface area (Å²) < 4.78 is 0. The molecule has 1 aromatic rings. The van der Waals surface area contributed by atoms with Crippen molar-refractivity contribution >= 4 is 11.7 Å². The Morgan fingerprint density at radius 2 is 2.35 bits per heavy atom. The molecule has 0 saturated carbocycles. The Bertz CT molecular complexity index is 405. The molecule has 0 aromatic carbocycles. The van der Waals surface area contributed by atoms with E-state index in [0.717, 1.165) is 25.1 Å². The standard InChI is InChI=1S/C13H19N3O/c1-2-4-10-7-13(17)16(8-10)9-11-5-3-6-12(14)15-11/h3,5-6,10H,2,4,7-9H2,1H3,(H2,14,15). The molecule has 1 saturated heterocycles. The molecule has 0 aliphatic carbocycles. The minimum Gasteiger partial charge on any atom is -0.384 e. The Labute approximate surface area is 102 Å². The monoisotopic (exact) mass is 233 g/mol. The van der Waals surface area contributed by atoms with Crippen LogP contribution in [0.1, 0.15) is 31.9 Å². The predicted molar refractivity (Wildman–Crippen MR) is 67.1 cm³/mol. The second-order valence-corrected chi connectivity index (χ2v) is 4.69. The van der Waals surface area contributed by atoms with Crippen molar-refractivity contribution in [3.05, 3.63) is 23.9 Å². The van der Waals surface area contributed by atoms with Crippen LogP contribution in [0.25, 0.3) is 0 Å². The number of amides is 1. The van der Waals surface area contributed by atoms with Crippen molar-refractivity contribution in [2.75, 3.05) is 12.3 Å². The number of carbonyl (C=O) groups is 1. The summed E-state index contributed by atoms with van der Waals surface area (Å²) in [6.45, 7) is 3.61. The van der Waals surface area contributed by atoms with Crippen LogP contribution in [0.5, 0.6) is 0 Å². The van der Waals surface area contributed by atoms with Crippen molar-refractivity contribution in [3.8, 4) is 0 Å². The van der Waals surface area contributed by atoms with Crippen LogP contribution in [0, 0.1) is 5.92 Å². The number of nitrogen functional groups attached to an aromatic ring is 1. The number of hydrogen-bond acceptors (Lipinski definition) is 3. The van der Waals surface area contributed by atoms with Crippen LogP contribution in [-0.4, -0.2) is 22.3 Å². The van der Waals surface area contributed by atoms with E-state index in [0.29, 0.717) is 24.7 Å². The van der Waals surface area contributed by atoms with Crippen LogP contribution < -0.4 is 5.73 Å². The first kappa shape index (κ1) is 11.9. The molecule has 0 radical (unpaired) electrons. The molecular weight excluding hydrogens is 214 g/mol. The number of likely N-dealkylation sites (tertiary alicyclic amines) is 1. The van der Waals surface area contributed by atoms with E-state index in [-0.39, 0.29) is 5.91 Å². The molecule has 1 atom stereocenters. The maximum Gasteiger partial charge on any atom is 0.223 e. The molecule has 1 aliphatic heterocycles. The molecule has 1 amide bonds. The lowest BCUT2D eigenvalue weighted by molar-refractivity contribution is -0.128. The molecule has 0 spiro atoms. The van der Waals surface area contributed by atoms with E-state index in [1.807, 2.05) is 17.0 Å². The molecule has 1 aliphatic rings. The van der Waals surface area contributed by atoms with Gasteiger partial charge in [-0.2, -0.15) is 0 Å². The van der Waals surface area contributed by atoms with Gasteiger partial charge in [0.25, 0.3) is 0 Å². The van der Waals surface area contributed by atoms with E-state index in [2.05, 4.69) is 11.9 Å². The molecule has 2 rings (SSSR count). The highest BCUT2D eigenvalue weighted by Gasteiger charge is 2.28. The second-order valence-electron chi connectivity index (χ2n) is 4.69. The van der Waals surface area contributed by atoms with Gasteiger partial charge in [-0.3, -0.25) is 4.79 Å². The first-order valence-electron chi connectivity index (χ1n) is 6.18. The third-order valence-corrected chi connectivity index (χ3v) is 3.17. The highest BCUT2D eigenvalue weighted by atomic mass is 16.2. The number of pyridine rings is 1. The molecule has 17 heavy (non-hydrogen) atoms. The van der Waals surface area contributed by atoms with E-state index >= 15 is 0 Å². The lowest BCUT2D eigenvalue weighted by Gasteiger charge is -2.16. The minimum atomic E-state index is 0.243.